The Hall–Kier alpha value is 0.467. The normalized spacial score (nSPS) is 14.1. The maximum atomic E-state index is 5.79. The topological polar surface area (TPSA) is 12.0 Å². The third-order valence-electron chi connectivity index (χ3n) is 0.784. The molecule has 1 unspecified atom stereocenters. The molecule has 0 saturated heterocycles. The molecule has 0 amide bonds. The van der Waals surface area contributed by atoms with Gasteiger partial charge in [0.25, 0.3) is 0 Å². The zero-order chi connectivity index (χ0) is 5.70. The largest absolute Gasteiger partial charge is 0.328 e. The summed E-state index contributed by atoms with van der Waals surface area (Å²) < 4.78 is 0. The van der Waals surface area contributed by atoms with Crippen molar-refractivity contribution in [3.63, 3.8) is 0 Å². The summed E-state index contributed by atoms with van der Waals surface area (Å²) in [5.74, 6) is 0. The molecule has 0 aromatic heterocycles. The Kier molecular flexibility index (Phi) is 4.93. The van der Waals surface area contributed by atoms with Gasteiger partial charge in [-0.1, -0.05) is 13.8 Å². The smallest absolute Gasteiger partial charge is 0.210 e. The summed E-state index contributed by atoms with van der Waals surface area (Å²) >= 11 is 5.79. The average Bonchev–Trinajstić information content (AvgIpc) is 1.68. The van der Waals surface area contributed by atoms with E-state index in [0.29, 0.717) is 0 Å². The average molecular weight is 138 g/mol. The summed E-state index contributed by atoms with van der Waals surface area (Å²) in [7, 11) is -0.959. The minimum atomic E-state index is -0.959. The molecule has 0 spiro atoms. The van der Waals surface area contributed by atoms with Crippen LogP contribution in [0.1, 0.15) is 13.8 Å². The summed E-state index contributed by atoms with van der Waals surface area (Å²) in [5, 5.41) is 0. The van der Waals surface area contributed by atoms with Gasteiger partial charge in [-0.15, -0.1) is 0 Å². The molecule has 0 fully saturated rings. The first kappa shape index (κ1) is 7.47. The molecule has 0 heterocycles. The van der Waals surface area contributed by atoms with Crippen LogP contribution < -0.4 is 4.98 Å². The SMILES string of the molecule is CCN[SiH](Cl)CC. The molecule has 1 atom stereocenters. The van der Waals surface area contributed by atoms with Crippen LogP contribution >= 0.6 is 11.1 Å². The Morgan fingerprint density at radius 1 is 1.57 bits per heavy atom. The van der Waals surface area contributed by atoms with Gasteiger partial charge < -0.3 is 4.98 Å². The van der Waals surface area contributed by atoms with E-state index in [1.54, 1.807) is 0 Å². The van der Waals surface area contributed by atoms with E-state index in [0.717, 1.165) is 12.6 Å². The lowest BCUT2D eigenvalue weighted by Gasteiger charge is -2.01. The Labute approximate surface area is 51.5 Å². The minimum absolute atomic E-state index is 0.959. The van der Waals surface area contributed by atoms with E-state index in [4.69, 9.17) is 11.1 Å². The summed E-state index contributed by atoms with van der Waals surface area (Å²) in [6.45, 7) is 5.22. The first-order valence-corrected chi connectivity index (χ1v) is 5.82. The van der Waals surface area contributed by atoms with Crippen molar-refractivity contribution in [2.75, 3.05) is 6.54 Å². The van der Waals surface area contributed by atoms with Crippen LogP contribution in [-0.4, -0.2) is 14.8 Å². The van der Waals surface area contributed by atoms with Crippen LogP contribution in [0.2, 0.25) is 6.04 Å². The van der Waals surface area contributed by atoms with E-state index in [9.17, 15) is 0 Å². The zero-order valence-corrected chi connectivity index (χ0v) is 6.78. The van der Waals surface area contributed by atoms with Crippen LogP contribution in [0.15, 0.2) is 0 Å². The lowest BCUT2D eigenvalue weighted by atomic mass is 10.8. The fourth-order valence-corrected chi connectivity index (χ4v) is 1.56. The van der Waals surface area contributed by atoms with Gasteiger partial charge in [0, 0.05) is 0 Å². The molecular weight excluding hydrogens is 126 g/mol. The van der Waals surface area contributed by atoms with E-state index < -0.39 is 8.27 Å². The van der Waals surface area contributed by atoms with E-state index in [-0.39, 0.29) is 0 Å². The third kappa shape index (κ3) is 4.32. The standard InChI is InChI=1S/C4H12ClNSi/c1-3-6-7(5)4-2/h6-7H,3-4H2,1-2H3. The van der Waals surface area contributed by atoms with Crippen molar-refractivity contribution in [1.29, 1.82) is 0 Å². The number of halogens is 1. The lowest BCUT2D eigenvalue weighted by molar-refractivity contribution is 0.990. The minimum Gasteiger partial charge on any atom is -0.328 e. The van der Waals surface area contributed by atoms with Gasteiger partial charge in [-0.2, -0.15) is 11.1 Å². The molecule has 0 saturated carbocycles. The van der Waals surface area contributed by atoms with Gasteiger partial charge in [-0.3, -0.25) is 0 Å². The van der Waals surface area contributed by atoms with Crippen LogP contribution in [0, 0.1) is 0 Å². The molecule has 0 bridgehead atoms. The van der Waals surface area contributed by atoms with E-state index in [1.807, 2.05) is 0 Å². The van der Waals surface area contributed by atoms with E-state index >= 15 is 0 Å². The Morgan fingerprint density at radius 2 is 2.14 bits per heavy atom. The van der Waals surface area contributed by atoms with Crippen LogP contribution in [0.5, 0.6) is 0 Å². The molecule has 0 aromatic carbocycles. The van der Waals surface area contributed by atoms with Crippen LogP contribution in [0.25, 0.3) is 0 Å². The second-order valence-electron chi connectivity index (χ2n) is 1.43. The molecule has 1 N–H and O–H groups in total. The van der Waals surface area contributed by atoms with Crippen LogP contribution in [0.4, 0.5) is 0 Å². The second kappa shape index (κ2) is 4.62. The highest BCUT2D eigenvalue weighted by molar-refractivity contribution is 7.05. The molecule has 0 aliphatic rings. The molecule has 0 aliphatic carbocycles. The van der Waals surface area contributed by atoms with Gasteiger partial charge in [-0.25, -0.2) is 0 Å². The number of hydrogen-bond donors (Lipinski definition) is 1. The monoisotopic (exact) mass is 137 g/mol. The first-order valence-electron chi connectivity index (χ1n) is 2.68. The predicted octanol–water partition coefficient (Wildman–Crippen LogP) is 1.08. The van der Waals surface area contributed by atoms with Crippen molar-refractivity contribution < 1.29 is 0 Å². The summed E-state index contributed by atoms with van der Waals surface area (Å²) in [4.78, 5) is 3.20. The Morgan fingerprint density at radius 3 is 2.29 bits per heavy atom. The molecule has 0 aliphatic heterocycles. The van der Waals surface area contributed by atoms with Gasteiger partial charge in [0.1, 0.15) is 0 Å². The van der Waals surface area contributed by atoms with Crippen molar-refractivity contribution in [2.24, 2.45) is 0 Å². The van der Waals surface area contributed by atoms with Crippen molar-refractivity contribution in [2.45, 2.75) is 19.9 Å². The fraction of sp³-hybridized carbons (Fsp3) is 1.00. The van der Waals surface area contributed by atoms with E-state index in [1.165, 1.54) is 0 Å². The number of nitrogens with one attached hydrogen (secondary N) is 1. The van der Waals surface area contributed by atoms with Gasteiger partial charge in [0.05, 0.1) is 0 Å². The zero-order valence-electron chi connectivity index (χ0n) is 4.87. The van der Waals surface area contributed by atoms with Crippen molar-refractivity contribution in [3.05, 3.63) is 0 Å². The molecule has 0 rings (SSSR count). The maximum Gasteiger partial charge on any atom is 0.210 e. The third-order valence-corrected chi connectivity index (χ3v) is 3.74. The predicted molar refractivity (Wildman–Crippen MR) is 37.2 cm³/mol. The molecule has 44 valence electrons. The highest BCUT2D eigenvalue weighted by Crippen LogP contribution is 1.89. The maximum absolute atomic E-state index is 5.79. The van der Waals surface area contributed by atoms with Gasteiger partial charge in [-0.05, 0) is 12.6 Å². The van der Waals surface area contributed by atoms with Crippen molar-refractivity contribution >= 4 is 19.3 Å². The van der Waals surface area contributed by atoms with Crippen LogP contribution in [0.3, 0.4) is 0 Å². The molecule has 7 heavy (non-hydrogen) atoms. The van der Waals surface area contributed by atoms with E-state index in [2.05, 4.69) is 18.8 Å². The lowest BCUT2D eigenvalue weighted by Crippen LogP contribution is -2.26. The second-order valence-corrected chi connectivity index (χ2v) is 5.17. The number of hydrogen-bond acceptors (Lipinski definition) is 1. The van der Waals surface area contributed by atoms with Gasteiger partial charge in [0.15, 0.2) is 0 Å². The molecule has 0 radical (unpaired) electrons. The Balaban J connectivity index is 2.83. The van der Waals surface area contributed by atoms with Gasteiger partial charge >= 0.3 is 0 Å². The molecular formula is C4H12ClNSi. The fourth-order valence-electron chi connectivity index (χ4n) is 0.366. The summed E-state index contributed by atoms with van der Waals surface area (Å²) in [6.07, 6.45) is 0. The Bertz CT molecular complexity index is 42.7. The molecule has 3 heteroatoms. The first-order chi connectivity index (χ1) is 3.31. The quantitative estimate of drug-likeness (QED) is 0.454. The number of rotatable bonds is 3. The molecule has 0 aromatic rings. The van der Waals surface area contributed by atoms with Crippen molar-refractivity contribution in [1.82, 2.24) is 4.98 Å². The van der Waals surface area contributed by atoms with Crippen LogP contribution in [-0.2, 0) is 0 Å². The van der Waals surface area contributed by atoms with Gasteiger partial charge in [0.2, 0.25) is 8.27 Å². The summed E-state index contributed by atoms with van der Waals surface area (Å²) in [5.41, 5.74) is 0. The highest BCUT2D eigenvalue weighted by Gasteiger charge is 1.97. The molecule has 1 nitrogen and oxygen atoms in total. The summed E-state index contributed by atoms with van der Waals surface area (Å²) in [6, 6.07) is 1.13. The highest BCUT2D eigenvalue weighted by atomic mass is 35.6. The van der Waals surface area contributed by atoms with Crippen molar-refractivity contribution in [3.8, 4) is 0 Å².